The summed E-state index contributed by atoms with van der Waals surface area (Å²) in [5.41, 5.74) is 0. The SMILES string of the molecule is CCCC[C@H](NC(=O)CC(C)/C=C/CCS)C(=O)OC. The van der Waals surface area contributed by atoms with Crippen molar-refractivity contribution in [2.45, 2.75) is 52.0 Å². The minimum Gasteiger partial charge on any atom is -0.467 e. The third-order valence-corrected chi connectivity index (χ3v) is 3.19. The predicted octanol–water partition coefficient (Wildman–Crippen LogP) is 2.74. The molecule has 20 heavy (non-hydrogen) atoms. The van der Waals surface area contributed by atoms with Crippen molar-refractivity contribution in [2.24, 2.45) is 5.92 Å². The molecule has 2 atom stereocenters. The zero-order chi connectivity index (χ0) is 15.4. The first-order valence-electron chi connectivity index (χ1n) is 7.19. The molecule has 1 amide bonds. The Morgan fingerprint density at radius 1 is 1.40 bits per heavy atom. The second-order valence-electron chi connectivity index (χ2n) is 4.91. The van der Waals surface area contributed by atoms with E-state index in [0.29, 0.717) is 12.8 Å². The summed E-state index contributed by atoms with van der Waals surface area (Å²) >= 11 is 4.12. The van der Waals surface area contributed by atoms with Gasteiger partial charge in [-0.15, -0.1) is 0 Å². The Morgan fingerprint density at radius 2 is 2.10 bits per heavy atom. The Bertz CT molecular complexity index is 318. The molecule has 1 unspecified atom stereocenters. The smallest absolute Gasteiger partial charge is 0.328 e. The van der Waals surface area contributed by atoms with E-state index in [2.05, 4.69) is 17.9 Å². The van der Waals surface area contributed by atoms with Gasteiger partial charge < -0.3 is 10.1 Å². The summed E-state index contributed by atoms with van der Waals surface area (Å²) in [6, 6.07) is -0.527. The van der Waals surface area contributed by atoms with Crippen LogP contribution in [-0.2, 0) is 14.3 Å². The van der Waals surface area contributed by atoms with E-state index in [1.165, 1.54) is 7.11 Å². The van der Waals surface area contributed by atoms with Crippen molar-refractivity contribution < 1.29 is 14.3 Å². The normalized spacial score (nSPS) is 14.0. The highest BCUT2D eigenvalue weighted by molar-refractivity contribution is 7.80. The maximum Gasteiger partial charge on any atom is 0.328 e. The van der Waals surface area contributed by atoms with Crippen molar-refractivity contribution in [1.29, 1.82) is 0 Å². The number of unbranched alkanes of at least 4 members (excludes halogenated alkanes) is 1. The summed E-state index contributed by atoms with van der Waals surface area (Å²) in [7, 11) is 1.34. The van der Waals surface area contributed by atoms with Crippen LogP contribution in [0.1, 0.15) is 46.0 Å². The molecule has 0 aliphatic carbocycles. The summed E-state index contributed by atoms with van der Waals surface area (Å²) in [4.78, 5) is 23.5. The maximum atomic E-state index is 11.9. The van der Waals surface area contributed by atoms with E-state index in [4.69, 9.17) is 4.74 Å². The average Bonchev–Trinajstić information content (AvgIpc) is 2.42. The summed E-state index contributed by atoms with van der Waals surface area (Å²) < 4.78 is 4.72. The summed E-state index contributed by atoms with van der Waals surface area (Å²) in [6.45, 7) is 4.03. The Hall–Kier alpha value is -0.970. The van der Waals surface area contributed by atoms with Crippen LogP contribution in [0.15, 0.2) is 12.2 Å². The number of allylic oxidation sites excluding steroid dienone is 2. The molecular formula is C15H27NO3S. The van der Waals surface area contributed by atoms with Gasteiger partial charge in [0.25, 0.3) is 0 Å². The number of esters is 1. The molecule has 4 nitrogen and oxygen atoms in total. The fraction of sp³-hybridized carbons (Fsp3) is 0.733. The number of hydrogen-bond acceptors (Lipinski definition) is 4. The van der Waals surface area contributed by atoms with Gasteiger partial charge in [0.05, 0.1) is 7.11 Å². The fourth-order valence-electron chi connectivity index (χ4n) is 1.82. The van der Waals surface area contributed by atoms with E-state index in [1.54, 1.807) is 0 Å². The van der Waals surface area contributed by atoms with Gasteiger partial charge in [0.15, 0.2) is 0 Å². The number of amides is 1. The number of hydrogen-bond donors (Lipinski definition) is 2. The Kier molecular flexibility index (Phi) is 11.3. The number of carbonyl (C=O) groups is 2. The number of carbonyl (C=O) groups excluding carboxylic acids is 2. The van der Waals surface area contributed by atoms with Crippen LogP contribution in [-0.4, -0.2) is 30.8 Å². The fourth-order valence-corrected chi connectivity index (χ4v) is 1.97. The standard InChI is InChI=1S/C15H27NO3S/c1-4-5-9-13(15(18)19-3)16-14(17)11-12(2)8-6-7-10-20/h6,8,12-13,20H,4-5,7,9-11H2,1-3H3,(H,16,17)/b8-6+/t12?,13-/m0/s1. The van der Waals surface area contributed by atoms with Crippen LogP contribution in [0.5, 0.6) is 0 Å². The summed E-state index contributed by atoms with van der Waals surface area (Å²) in [5, 5.41) is 2.76. The molecule has 0 heterocycles. The first-order valence-corrected chi connectivity index (χ1v) is 7.83. The summed E-state index contributed by atoms with van der Waals surface area (Å²) in [5.74, 6) is 0.473. The van der Waals surface area contributed by atoms with Crippen molar-refractivity contribution in [3.05, 3.63) is 12.2 Å². The lowest BCUT2D eigenvalue weighted by Gasteiger charge is -2.17. The van der Waals surface area contributed by atoms with Crippen LogP contribution in [0.25, 0.3) is 0 Å². The van der Waals surface area contributed by atoms with E-state index in [-0.39, 0.29) is 17.8 Å². The lowest BCUT2D eigenvalue weighted by molar-refractivity contribution is -0.145. The lowest BCUT2D eigenvalue weighted by Crippen LogP contribution is -2.41. The van der Waals surface area contributed by atoms with Crippen LogP contribution in [0.3, 0.4) is 0 Å². The van der Waals surface area contributed by atoms with Gasteiger partial charge in [-0.1, -0.05) is 38.8 Å². The van der Waals surface area contributed by atoms with Crippen LogP contribution in [0.2, 0.25) is 0 Å². The van der Waals surface area contributed by atoms with Gasteiger partial charge in [-0.25, -0.2) is 4.79 Å². The predicted molar refractivity (Wildman–Crippen MR) is 84.9 cm³/mol. The van der Waals surface area contributed by atoms with E-state index >= 15 is 0 Å². The number of methoxy groups -OCH3 is 1. The summed E-state index contributed by atoms with van der Waals surface area (Å²) in [6.07, 6.45) is 7.80. The van der Waals surface area contributed by atoms with Gasteiger partial charge in [0, 0.05) is 6.42 Å². The third kappa shape index (κ3) is 9.02. The van der Waals surface area contributed by atoms with Crippen LogP contribution in [0, 0.1) is 5.92 Å². The van der Waals surface area contributed by atoms with Gasteiger partial charge in [-0.05, 0) is 24.5 Å². The molecule has 0 spiro atoms. The molecule has 0 aromatic carbocycles. The van der Waals surface area contributed by atoms with E-state index < -0.39 is 6.04 Å². The molecule has 0 fully saturated rings. The first kappa shape index (κ1) is 19.0. The molecule has 5 heteroatoms. The molecule has 0 aromatic rings. The van der Waals surface area contributed by atoms with Gasteiger partial charge in [-0.3, -0.25) is 4.79 Å². The number of thiol groups is 1. The van der Waals surface area contributed by atoms with Gasteiger partial charge in [0.2, 0.25) is 5.91 Å². The number of rotatable bonds is 10. The highest BCUT2D eigenvalue weighted by Gasteiger charge is 2.21. The van der Waals surface area contributed by atoms with Crippen molar-refractivity contribution in [3.8, 4) is 0 Å². The molecule has 116 valence electrons. The average molecular weight is 301 g/mol. The molecule has 0 saturated heterocycles. The Labute approximate surface area is 127 Å². The number of nitrogens with one attached hydrogen (secondary N) is 1. The van der Waals surface area contributed by atoms with E-state index in [0.717, 1.165) is 25.0 Å². The largest absolute Gasteiger partial charge is 0.467 e. The van der Waals surface area contributed by atoms with Gasteiger partial charge in [0.1, 0.15) is 6.04 Å². The zero-order valence-corrected chi connectivity index (χ0v) is 13.6. The highest BCUT2D eigenvalue weighted by atomic mass is 32.1. The second-order valence-corrected chi connectivity index (χ2v) is 5.35. The third-order valence-electron chi connectivity index (χ3n) is 2.94. The first-order chi connectivity index (χ1) is 9.54. The highest BCUT2D eigenvalue weighted by Crippen LogP contribution is 2.07. The van der Waals surface area contributed by atoms with E-state index in [9.17, 15) is 9.59 Å². The second kappa shape index (κ2) is 11.8. The molecule has 0 aliphatic rings. The maximum absolute atomic E-state index is 11.9. The van der Waals surface area contributed by atoms with Crippen molar-refractivity contribution >= 4 is 24.5 Å². The lowest BCUT2D eigenvalue weighted by atomic mass is 10.1. The zero-order valence-electron chi connectivity index (χ0n) is 12.7. The molecule has 0 aromatic heterocycles. The van der Waals surface area contributed by atoms with Crippen LogP contribution < -0.4 is 5.32 Å². The minimum absolute atomic E-state index is 0.112. The van der Waals surface area contributed by atoms with Crippen molar-refractivity contribution in [3.63, 3.8) is 0 Å². The minimum atomic E-state index is -0.527. The molecule has 0 aliphatic heterocycles. The molecule has 0 saturated carbocycles. The molecule has 0 radical (unpaired) electrons. The molecule has 0 bridgehead atoms. The topological polar surface area (TPSA) is 55.4 Å². The van der Waals surface area contributed by atoms with Crippen LogP contribution >= 0.6 is 12.6 Å². The van der Waals surface area contributed by atoms with Crippen molar-refractivity contribution in [2.75, 3.05) is 12.9 Å². The van der Waals surface area contributed by atoms with Gasteiger partial charge in [-0.2, -0.15) is 12.6 Å². The van der Waals surface area contributed by atoms with Gasteiger partial charge >= 0.3 is 5.97 Å². The number of ether oxygens (including phenoxy) is 1. The molecular weight excluding hydrogens is 274 g/mol. The van der Waals surface area contributed by atoms with Crippen molar-refractivity contribution in [1.82, 2.24) is 5.32 Å². The Balaban J connectivity index is 4.26. The van der Waals surface area contributed by atoms with E-state index in [1.807, 2.05) is 26.0 Å². The quantitative estimate of drug-likeness (QED) is 0.370. The Morgan fingerprint density at radius 3 is 2.65 bits per heavy atom. The monoisotopic (exact) mass is 301 g/mol. The molecule has 0 rings (SSSR count). The molecule has 1 N–H and O–H groups in total. The van der Waals surface area contributed by atoms with Crippen LogP contribution in [0.4, 0.5) is 0 Å².